The van der Waals surface area contributed by atoms with Crippen molar-refractivity contribution in [2.45, 2.75) is 26.3 Å². The smallest absolute Gasteiger partial charge is 0.269 e. The molecule has 0 spiro atoms. The minimum absolute atomic E-state index is 0.102. The molecule has 1 rings (SSSR count). The molecule has 3 heteroatoms. The Morgan fingerprint density at radius 3 is 3.08 bits per heavy atom. The first-order valence-electron chi connectivity index (χ1n) is 4.40. The summed E-state index contributed by atoms with van der Waals surface area (Å²) in [4.78, 5) is 15.5. The highest BCUT2D eigenvalue weighted by atomic mass is 16.2. The molecular weight excluding hydrogens is 164 g/mol. The first kappa shape index (κ1) is 9.71. The molecule has 1 N–H and O–H groups in total. The highest BCUT2D eigenvalue weighted by Gasteiger charge is 2.08. The Balaban J connectivity index is 2.61. The van der Waals surface area contributed by atoms with Crippen LogP contribution in [0.4, 0.5) is 0 Å². The Morgan fingerprint density at radius 1 is 1.62 bits per heavy atom. The largest absolute Gasteiger partial charge is 0.349 e. The summed E-state index contributed by atoms with van der Waals surface area (Å²) in [6.07, 6.45) is 8.02. The molecule has 0 bridgehead atoms. The zero-order valence-electron chi connectivity index (χ0n) is 7.95. The van der Waals surface area contributed by atoms with E-state index in [-0.39, 0.29) is 11.9 Å². The van der Waals surface area contributed by atoms with Crippen molar-refractivity contribution in [2.75, 3.05) is 0 Å². The number of amides is 1. The van der Waals surface area contributed by atoms with Crippen LogP contribution in [-0.4, -0.2) is 18.2 Å². The molecule has 0 saturated heterocycles. The molecule has 0 aromatic rings. The van der Waals surface area contributed by atoms with Gasteiger partial charge in [-0.3, -0.25) is 9.79 Å². The maximum absolute atomic E-state index is 11.4. The summed E-state index contributed by atoms with van der Waals surface area (Å²) >= 11 is 0. The van der Waals surface area contributed by atoms with Crippen LogP contribution in [0, 0.1) is 0 Å². The van der Waals surface area contributed by atoms with Crippen molar-refractivity contribution < 1.29 is 4.79 Å². The van der Waals surface area contributed by atoms with E-state index < -0.39 is 0 Å². The van der Waals surface area contributed by atoms with Gasteiger partial charge in [-0.2, -0.15) is 0 Å². The first-order chi connectivity index (χ1) is 6.20. The minimum Gasteiger partial charge on any atom is -0.349 e. The lowest BCUT2D eigenvalue weighted by Gasteiger charge is -2.07. The molecule has 0 radical (unpaired) electrons. The average molecular weight is 178 g/mol. The van der Waals surface area contributed by atoms with Crippen LogP contribution in [0.2, 0.25) is 0 Å². The summed E-state index contributed by atoms with van der Waals surface area (Å²) in [6.45, 7) is 3.86. The van der Waals surface area contributed by atoms with Gasteiger partial charge in [0, 0.05) is 12.3 Å². The number of nitrogens with zero attached hydrogens (tertiary/aromatic N) is 1. The van der Waals surface area contributed by atoms with E-state index in [1.807, 2.05) is 32.1 Å². The number of carbonyl (C=O) groups excluding carboxylic acids is 1. The molecule has 1 aliphatic heterocycles. The number of rotatable bonds is 2. The zero-order valence-corrected chi connectivity index (χ0v) is 7.95. The molecule has 0 saturated carbocycles. The normalized spacial score (nSPS) is 15.5. The molecule has 13 heavy (non-hydrogen) atoms. The van der Waals surface area contributed by atoms with Crippen LogP contribution in [0.5, 0.6) is 0 Å². The maximum Gasteiger partial charge on any atom is 0.269 e. The summed E-state index contributed by atoms with van der Waals surface area (Å²) in [5, 5.41) is 2.79. The van der Waals surface area contributed by atoms with Gasteiger partial charge in [0.1, 0.15) is 5.70 Å². The van der Waals surface area contributed by atoms with E-state index in [1.54, 1.807) is 6.21 Å². The van der Waals surface area contributed by atoms with Crippen LogP contribution in [0.1, 0.15) is 20.3 Å². The van der Waals surface area contributed by atoms with Gasteiger partial charge in [0.2, 0.25) is 0 Å². The third kappa shape index (κ3) is 3.23. The van der Waals surface area contributed by atoms with Crippen molar-refractivity contribution >= 4 is 12.1 Å². The number of hydrogen-bond acceptors (Lipinski definition) is 2. The Bertz CT molecular complexity index is 275. The summed E-state index contributed by atoms with van der Waals surface area (Å²) in [5.74, 6) is -0.102. The molecule has 0 aliphatic carbocycles. The third-order valence-corrected chi connectivity index (χ3v) is 1.54. The van der Waals surface area contributed by atoms with Crippen LogP contribution >= 0.6 is 0 Å². The van der Waals surface area contributed by atoms with Gasteiger partial charge in [0.25, 0.3) is 5.91 Å². The predicted molar refractivity (Wildman–Crippen MR) is 53.6 cm³/mol. The Morgan fingerprint density at radius 2 is 2.38 bits per heavy atom. The average Bonchev–Trinajstić information content (AvgIpc) is 2.29. The van der Waals surface area contributed by atoms with Crippen molar-refractivity contribution in [3.63, 3.8) is 0 Å². The van der Waals surface area contributed by atoms with Crippen LogP contribution in [0.3, 0.4) is 0 Å². The van der Waals surface area contributed by atoms with E-state index in [2.05, 4.69) is 10.3 Å². The lowest BCUT2D eigenvalue weighted by Crippen LogP contribution is -2.30. The van der Waals surface area contributed by atoms with Crippen LogP contribution in [0.25, 0.3) is 0 Å². The van der Waals surface area contributed by atoms with Gasteiger partial charge in [0.15, 0.2) is 0 Å². The molecule has 1 amide bonds. The SMILES string of the molecule is CC(C)NC(=O)C1=CCC=CC=N1. The van der Waals surface area contributed by atoms with Gasteiger partial charge >= 0.3 is 0 Å². The third-order valence-electron chi connectivity index (χ3n) is 1.54. The fourth-order valence-electron chi connectivity index (χ4n) is 0.983. The quantitative estimate of drug-likeness (QED) is 0.682. The summed E-state index contributed by atoms with van der Waals surface area (Å²) < 4.78 is 0. The molecule has 0 fully saturated rings. The number of allylic oxidation sites excluding steroid dienone is 3. The molecule has 0 aromatic heterocycles. The van der Waals surface area contributed by atoms with Crippen LogP contribution in [-0.2, 0) is 4.79 Å². The van der Waals surface area contributed by atoms with E-state index in [1.165, 1.54) is 0 Å². The van der Waals surface area contributed by atoms with Gasteiger partial charge in [-0.05, 0) is 32.4 Å². The highest BCUT2D eigenvalue weighted by Crippen LogP contribution is 2.03. The topological polar surface area (TPSA) is 41.5 Å². The minimum atomic E-state index is -0.102. The Hall–Kier alpha value is -1.38. The van der Waals surface area contributed by atoms with Crippen molar-refractivity contribution in [1.29, 1.82) is 0 Å². The lowest BCUT2D eigenvalue weighted by molar-refractivity contribution is -0.118. The van der Waals surface area contributed by atoms with Gasteiger partial charge in [0.05, 0.1) is 0 Å². The van der Waals surface area contributed by atoms with Crippen LogP contribution in [0.15, 0.2) is 28.9 Å². The molecule has 1 aliphatic rings. The van der Waals surface area contributed by atoms with Gasteiger partial charge in [-0.1, -0.05) is 6.08 Å². The van der Waals surface area contributed by atoms with E-state index in [0.29, 0.717) is 5.70 Å². The highest BCUT2D eigenvalue weighted by molar-refractivity contribution is 5.95. The Labute approximate surface area is 78.2 Å². The van der Waals surface area contributed by atoms with Crippen molar-refractivity contribution in [3.8, 4) is 0 Å². The number of carbonyl (C=O) groups is 1. The van der Waals surface area contributed by atoms with Gasteiger partial charge in [-0.25, -0.2) is 0 Å². The number of nitrogens with one attached hydrogen (secondary N) is 1. The maximum atomic E-state index is 11.4. The fourth-order valence-corrected chi connectivity index (χ4v) is 0.983. The van der Waals surface area contributed by atoms with Crippen molar-refractivity contribution in [1.82, 2.24) is 5.32 Å². The predicted octanol–water partition coefficient (Wildman–Crippen LogP) is 1.43. The number of hydrogen-bond donors (Lipinski definition) is 1. The monoisotopic (exact) mass is 178 g/mol. The standard InChI is InChI=1S/C10H14N2O/c1-8(2)12-10(13)9-6-4-3-5-7-11-9/h3,5-8H,4H2,1-2H3,(H,12,13). The van der Waals surface area contributed by atoms with Crippen LogP contribution < -0.4 is 5.32 Å². The van der Waals surface area contributed by atoms with E-state index in [4.69, 9.17) is 0 Å². The second-order valence-electron chi connectivity index (χ2n) is 3.16. The summed E-state index contributed by atoms with van der Waals surface area (Å²) in [5.41, 5.74) is 0.499. The fraction of sp³-hybridized carbons (Fsp3) is 0.400. The first-order valence-corrected chi connectivity index (χ1v) is 4.40. The van der Waals surface area contributed by atoms with E-state index >= 15 is 0 Å². The van der Waals surface area contributed by atoms with E-state index in [9.17, 15) is 4.79 Å². The molecule has 3 nitrogen and oxygen atoms in total. The molecule has 1 heterocycles. The Kier molecular flexibility index (Phi) is 3.43. The summed E-state index contributed by atoms with van der Waals surface area (Å²) in [6, 6.07) is 0.153. The van der Waals surface area contributed by atoms with Gasteiger partial charge in [-0.15, -0.1) is 0 Å². The lowest BCUT2D eigenvalue weighted by atomic mass is 10.3. The molecule has 0 aromatic carbocycles. The second-order valence-corrected chi connectivity index (χ2v) is 3.16. The summed E-state index contributed by atoms with van der Waals surface area (Å²) in [7, 11) is 0. The van der Waals surface area contributed by atoms with E-state index in [0.717, 1.165) is 6.42 Å². The number of aliphatic imine (C=N–C) groups is 1. The molecule has 0 atom stereocenters. The van der Waals surface area contributed by atoms with Gasteiger partial charge < -0.3 is 5.32 Å². The molecular formula is C10H14N2O. The molecule has 70 valence electrons. The zero-order chi connectivity index (χ0) is 9.68. The second kappa shape index (κ2) is 4.60. The molecule has 0 unspecified atom stereocenters. The van der Waals surface area contributed by atoms with Crippen molar-refractivity contribution in [3.05, 3.63) is 23.9 Å². The van der Waals surface area contributed by atoms with Crippen molar-refractivity contribution in [2.24, 2.45) is 4.99 Å².